The molecule has 0 radical (unpaired) electrons. The van der Waals surface area contributed by atoms with E-state index in [1.807, 2.05) is 42.5 Å². The minimum atomic E-state index is -0.189. The monoisotopic (exact) mass is 450 g/mol. The zero-order valence-electron chi connectivity index (χ0n) is 17.9. The van der Waals surface area contributed by atoms with Gasteiger partial charge in [-0.25, -0.2) is 0 Å². The molecule has 1 N–H and O–H groups in total. The molecule has 1 aliphatic heterocycles. The lowest BCUT2D eigenvalue weighted by molar-refractivity contribution is -0.123. The van der Waals surface area contributed by atoms with Gasteiger partial charge >= 0.3 is 0 Å². The maximum Gasteiger partial charge on any atom is 0.258 e. The first-order valence-electron chi connectivity index (χ1n) is 10.8. The molecular formula is C26H27ClN2O3. The first-order valence-corrected chi connectivity index (χ1v) is 11.2. The fourth-order valence-corrected chi connectivity index (χ4v) is 3.84. The van der Waals surface area contributed by atoms with E-state index >= 15 is 0 Å². The number of nitrogens with one attached hydrogen (secondary N) is 1. The molecule has 1 saturated heterocycles. The molecule has 32 heavy (non-hydrogen) atoms. The Balaban J connectivity index is 1.23. The lowest BCUT2D eigenvalue weighted by Gasteiger charge is -2.26. The van der Waals surface area contributed by atoms with Crippen molar-refractivity contribution in [3.63, 3.8) is 0 Å². The lowest BCUT2D eigenvalue weighted by Crippen LogP contribution is -2.35. The predicted molar refractivity (Wildman–Crippen MR) is 127 cm³/mol. The molecule has 1 aliphatic rings. The van der Waals surface area contributed by atoms with Crippen molar-refractivity contribution in [1.29, 1.82) is 0 Å². The van der Waals surface area contributed by atoms with Crippen molar-refractivity contribution in [3.8, 4) is 16.9 Å². The van der Waals surface area contributed by atoms with Crippen LogP contribution in [0.5, 0.6) is 5.75 Å². The van der Waals surface area contributed by atoms with Gasteiger partial charge in [-0.2, -0.15) is 0 Å². The number of hydrogen-bond donors (Lipinski definition) is 1. The molecule has 1 heterocycles. The van der Waals surface area contributed by atoms with Crippen molar-refractivity contribution in [3.05, 3.63) is 88.9 Å². The molecule has 3 aromatic rings. The molecule has 0 aliphatic carbocycles. The van der Waals surface area contributed by atoms with E-state index in [2.05, 4.69) is 34.5 Å². The van der Waals surface area contributed by atoms with Crippen LogP contribution >= 0.6 is 11.6 Å². The van der Waals surface area contributed by atoms with Crippen LogP contribution in [0, 0.1) is 0 Å². The van der Waals surface area contributed by atoms with Crippen LogP contribution in [0.1, 0.15) is 11.1 Å². The molecule has 0 spiro atoms. The third-order valence-electron chi connectivity index (χ3n) is 5.42. The van der Waals surface area contributed by atoms with Crippen LogP contribution in [0.15, 0.2) is 72.8 Å². The van der Waals surface area contributed by atoms with Gasteiger partial charge in [0.15, 0.2) is 6.61 Å². The zero-order chi connectivity index (χ0) is 22.2. The molecule has 1 amide bonds. The normalized spacial score (nSPS) is 14.2. The number of amides is 1. The van der Waals surface area contributed by atoms with Crippen LogP contribution in [0.4, 0.5) is 0 Å². The van der Waals surface area contributed by atoms with Crippen LogP contribution in [0.25, 0.3) is 11.1 Å². The smallest absolute Gasteiger partial charge is 0.258 e. The second-order valence-corrected chi connectivity index (χ2v) is 8.19. The average molecular weight is 451 g/mol. The Hall–Kier alpha value is -2.86. The number of halogens is 1. The van der Waals surface area contributed by atoms with E-state index < -0.39 is 0 Å². The molecule has 0 aromatic heterocycles. The maximum atomic E-state index is 12.2. The summed E-state index contributed by atoms with van der Waals surface area (Å²) in [7, 11) is 0. The van der Waals surface area contributed by atoms with Crippen molar-refractivity contribution in [2.75, 3.05) is 32.9 Å². The van der Waals surface area contributed by atoms with Gasteiger partial charge in [0.05, 0.1) is 18.2 Å². The number of hydrogen-bond acceptors (Lipinski definition) is 4. The van der Waals surface area contributed by atoms with Crippen LogP contribution in [-0.4, -0.2) is 43.7 Å². The van der Waals surface area contributed by atoms with E-state index in [1.165, 1.54) is 5.56 Å². The van der Waals surface area contributed by atoms with Crippen LogP contribution in [0.2, 0.25) is 5.02 Å². The highest BCUT2D eigenvalue weighted by Crippen LogP contribution is 2.30. The minimum absolute atomic E-state index is 0.0838. The summed E-state index contributed by atoms with van der Waals surface area (Å²) in [5.41, 5.74) is 4.40. The van der Waals surface area contributed by atoms with Crippen molar-refractivity contribution < 1.29 is 14.3 Å². The zero-order valence-corrected chi connectivity index (χ0v) is 18.7. The number of morpholine rings is 1. The number of ether oxygens (including phenoxy) is 2. The molecule has 6 heteroatoms. The van der Waals surface area contributed by atoms with Gasteiger partial charge in [0.2, 0.25) is 0 Å². The molecule has 3 aromatic carbocycles. The third-order valence-corrected chi connectivity index (χ3v) is 5.72. The van der Waals surface area contributed by atoms with E-state index in [0.717, 1.165) is 49.5 Å². The fraction of sp³-hybridized carbons (Fsp3) is 0.269. The summed E-state index contributed by atoms with van der Waals surface area (Å²) in [5.74, 6) is 0.305. The van der Waals surface area contributed by atoms with Crippen molar-refractivity contribution in [2.24, 2.45) is 0 Å². The number of rotatable bonds is 8. The van der Waals surface area contributed by atoms with E-state index in [9.17, 15) is 4.79 Å². The topological polar surface area (TPSA) is 50.8 Å². The molecular weight excluding hydrogens is 424 g/mol. The summed E-state index contributed by atoms with van der Waals surface area (Å²) in [6.45, 7) is 4.84. The molecule has 0 atom stereocenters. The average Bonchev–Trinajstić information content (AvgIpc) is 2.84. The number of carbonyl (C=O) groups excluding carboxylic acids is 1. The second-order valence-electron chi connectivity index (χ2n) is 7.78. The lowest BCUT2D eigenvalue weighted by atomic mass is 10.1. The molecule has 5 nitrogen and oxygen atoms in total. The summed E-state index contributed by atoms with van der Waals surface area (Å²) >= 11 is 6.35. The van der Waals surface area contributed by atoms with Crippen molar-refractivity contribution >= 4 is 17.5 Å². The second kappa shape index (κ2) is 11.1. The summed E-state index contributed by atoms with van der Waals surface area (Å²) in [6, 6.07) is 23.9. The van der Waals surface area contributed by atoms with Crippen LogP contribution < -0.4 is 10.1 Å². The standard InChI is InChI=1S/C26H27ClN2O3/c27-24-16-23(22-4-2-1-3-5-22)10-11-25(24)32-19-26(30)28-17-20-6-8-21(9-7-20)18-29-12-14-31-15-13-29/h1-11,16H,12-15,17-19H2,(H,28,30). The molecule has 4 rings (SSSR count). The Kier molecular flexibility index (Phi) is 7.77. The van der Waals surface area contributed by atoms with Crippen LogP contribution in [0.3, 0.4) is 0 Å². The Labute approximate surface area is 193 Å². The third kappa shape index (κ3) is 6.33. The van der Waals surface area contributed by atoms with Gasteiger partial charge in [-0.1, -0.05) is 72.3 Å². The van der Waals surface area contributed by atoms with E-state index in [1.54, 1.807) is 6.07 Å². The molecule has 0 saturated carbocycles. The van der Waals surface area contributed by atoms with Gasteiger partial charge in [0, 0.05) is 26.2 Å². The van der Waals surface area contributed by atoms with Crippen molar-refractivity contribution in [1.82, 2.24) is 10.2 Å². The summed E-state index contributed by atoms with van der Waals surface area (Å²) in [6.07, 6.45) is 0. The Morgan fingerprint density at radius 1 is 0.938 bits per heavy atom. The Morgan fingerprint density at radius 3 is 2.38 bits per heavy atom. The largest absolute Gasteiger partial charge is 0.482 e. The highest BCUT2D eigenvalue weighted by Gasteiger charge is 2.11. The van der Waals surface area contributed by atoms with Gasteiger partial charge in [0.1, 0.15) is 5.75 Å². The Bertz CT molecular complexity index is 1020. The minimum Gasteiger partial charge on any atom is -0.482 e. The highest BCUT2D eigenvalue weighted by molar-refractivity contribution is 6.32. The van der Waals surface area contributed by atoms with Gasteiger partial charge < -0.3 is 14.8 Å². The molecule has 0 bridgehead atoms. The number of carbonyl (C=O) groups is 1. The number of benzene rings is 3. The van der Waals surface area contributed by atoms with Crippen molar-refractivity contribution in [2.45, 2.75) is 13.1 Å². The van der Waals surface area contributed by atoms with E-state index in [0.29, 0.717) is 17.3 Å². The predicted octanol–water partition coefficient (Wildman–Crippen LogP) is 4.53. The van der Waals surface area contributed by atoms with E-state index in [-0.39, 0.29) is 12.5 Å². The van der Waals surface area contributed by atoms with Gasteiger partial charge in [-0.05, 0) is 34.4 Å². The molecule has 0 unspecified atom stereocenters. The highest BCUT2D eigenvalue weighted by atomic mass is 35.5. The SMILES string of the molecule is O=C(COc1ccc(-c2ccccc2)cc1Cl)NCc1ccc(CN2CCOCC2)cc1. The summed E-state index contributed by atoms with van der Waals surface area (Å²) in [4.78, 5) is 14.6. The van der Waals surface area contributed by atoms with Gasteiger partial charge in [-0.3, -0.25) is 9.69 Å². The molecule has 1 fully saturated rings. The molecule has 166 valence electrons. The summed E-state index contributed by atoms with van der Waals surface area (Å²) < 4.78 is 11.0. The summed E-state index contributed by atoms with van der Waals surface area (Å²) in [5, 5.41) is 3.37. The first kappa shape index (κ1) is 22.3. The van der Waals surface area contributed by atoms with Crippen LogP contribution in [-0.2, 0) is 22.6 Å². The number of nitrogens with zero attached hydrogens (tertiary/aromatic N) is 1. The quantitative estimate of drug-likeness (QED) is 0.547. The van der Waals surface area contributed by atoms with E-state index in [4.69, 9.17) is 21.1 Å². The first-order chi connectivity index (χ1) is 15.7. The Morgan fingerprint density at radius 2 is 1.66 bits per heavy atom. The fourth-order valence-electron chi connectivity index (χ4n) is 3.60. The maximum absolute atomic E-state index is 12.2. The van der Waals surface area contributed by atoms with Gasteiger partial charge in [0.25, 0.3) is 5.91 Å². The van der Waals surface area contributed by atoms with Gasteiger partial charge in [-0.15, -0.1) is 0 Å².